The van der Waals surface area contributed by atoms with E-state index < -0.39 is 5.82 Å². The van der Waals surface area contributed by atoms with E-state index in [0.29, 0.717) is 17.7 Å². The van der Waals surface area contributed by atoms with Crippen LogP contribution in [-0.4, -0.2) is 24.9 Å². The predicted molar refractivity (Wildman–Crippen MR) is 60.3 cm³/mol. The molecule has 2 nitrogen and oxygen atoms in total. The second-order valence-electron chi connectivity index (χ2n) is 3.01. The predicted octanol–water partition coefficient (Wildman–Crippen LogP) is 2.77. The van der Waals surface area contributed by atoms with E-state index in [1.165, 1.54) is 25.3 Å². The zero-order valence-electron chi connectivity index (χ0n) is 8.75. The number of carbonyl (C=O) groups is 1. The Bertz CT molecular complexity index is 352. The second kappa shape index (κ2) is 5.75. The minimum Gasteiger partial charge on any atom is -0.496 e. The molecule has 0 radical (unpaired) electrons. The number of Topliss-reactive ketones (excluding diaryl/α,β-unsaturated/α-hetero) is 1. The zero-order valence-corrected chi connectivity index (χ0v) is 9.57. The van der Waals surface area contributed by atoms with Crippen LogP contribution in [0.2, 0.25) is 0 Å². The Balaban J connectivity index is 2.87. The quantitative estimate of drug-likeness (QED) is 0.725. The number of methoxy groups -OCH3 is 1. The first-order chi connectivity index (χ1) is 7.19. The van der Waals surface area contributed by atoms with Gasteiger partial charge in [0.25, 0.3) is 0 Å². The maximum absolute atomic E-state index is 12.9. The Morgan fingerprint density at radius 1 is 1.53 bits per heavy atom. The Hall–Kier alpha value is -1.03. The topological polar surface area (TPSA) is 26.3 Å². The van der Waals surface area contributed by atoms with Crippen molar-refractivity contribution in [2.45, 2.75) is 6.42 Å². The summed E-state index contributed by atoms with van der Waals surface area (Å²) in [4.78, 5) is 11.7. The summed E-state index contributed by atoms with van der Waals surface area (Å²) in [5.74, 6) is 0.662. The highest BCUT2D eigenvalue weighted by Crippen LogP contribution is 2.21. The highest BCUT2D eigenvalue weighted by atomic mass is 32.2. The summed E-state index contributed by atoms with van der Waals surface area (Å²) >= 11 is 1.61. The first-order valence-electron chi connectivity index (χ1n) is 4.54. The van der Waals surface area contributed by atoms with Crippen LogP contribution in [0, 0.1) is 5.82 Å². The Kier molecular flexibility index (Phi) is 4.62. The molecule has 82 valence electrons. The maximum atomic E-state index is 12.9. The molecule has 0 amide bonds. The number of hydrogen-bond donors (Lipinski definition) is 0. The smallest absolute Gasteiger partial charge is 0.167 e. The van der Waals surface area contributed by atoms with Gasteiger partial charge in [0.05, 0.1) is 12.7 Å². The average Bonchev–Trinajstić information content (AvgIpc) is 2.25. The van der Waals surface area contributed by atoms with Gasteiger partial charge in [0.1, 0.15) is 11.6 Å². The van der Waals surface area contributed by atoms with E-state index in [9.17, 15) is 9.18 Å². The van der Waals surface area contributed by atoms with Gasteiger partial charge in [0, 0.05) is 18.2 Å². The summed E-state index contributed by atoms with van der Waals surface area (Å²) in [7, 11) is 1.43. The molecule has 0 heterocycles. The summed E-state index contributed by atoms with van der Waals surface area (Å²) in [5.41, 5.74) is 0.452. The molecule has 0 aliphatic rings. The van der Waals surface area contributed by atoms with Crippen LogP contribution in [0.5, 0.6) is 5.75 Å². The molecule has 0 aliphatic heterocycles. The van der Waals surface area contributed by atoms with Crippen molar-refractivity contribution in [3.05, 3.63) is 29.6 Å². The van der Waals surface area contributed by atoms with Crippen LogP contribution in [0.25, 0.3) is 0 Å². The van der Waals surface area contributed by atoms with Gasteiger partial charge in [-0.3, -0.25) is 4.79 Å². The molecule has 0 atom stereocenters. The minimum absolute atomic E-state index is 0.0128. The third-order valence-corrected chi connectivity index (χ3v) is 2.61. The third kappa shape index (κ3) is 3.23. The van der Waals surface area contributed by atoms with Crippen LogP contribution >= 0.6 is 11.8 Å². The Morgan fingerprint density at radius 3 is 2.87 bits per heavy atom. The van der Waals surface area contributed by atoms with Gasteiger partial charge in [-0.15, -0.1) is 0 Å². The van der Waals surface area contributed by atoms with Crippen molar-refractivity contribution in [1.82, 2.24) is 0 Å². The fraction of sp³-hybridized carbons (Fsp3) is 0.364. The molecule has 0 saturated carbocycles. The van der Waals surface area contributed by atoms with Crippen molar-refractivity contribution < 1.29 is 13.9 Å². The normalized spacial score (nSPS) is 10.1. The van der Waals surface area contributed by atoms with E-state index in [1.807, 2.05) is 6.26 Å². The van der Waals surface area contributed by atoms with Gasteiger partial charge >= 0.3 is 0 Å². The lowest BCUT2D eigenvalue weighted by atomic mass is 10.1. The molecule has 0 aliphatic carbocycles. The van der Waals surface area contributed by atoms with Gasteiger partial charge in [-0.25, -0.2) is 4.39 Å². The van der Waals surface area contributed by atoms with Crippen molar-refractivity contribution in [2.75, 3.05) is 19.1 Å². The fourth-order valence-corrected chi connectivity index (χ4v) is 1.61. The van der Waals surface area contributed by atoms with E-state index in [2.05, 4.69) is 0 Å². The molecule has 0 unspecified atom stereocenters. The fourth-order valence-electron chi connectivity index (χ4n) is 1.22. The van der Waals surface area contributed by atoms with Gasteiger partial charge in [-0.05, 0) is 18.4 Å². The molecule has 0 aromatic heterocycles. The highest BCUT2D eigenvalue weighted by Gasteiger charge is 2.12. The van der Waals surface area contributed by atoms with Crippen LogP contribution in [0.3, 0.4) is 0 Å². The summed E-state index contributed by atoms with van der Waals surface area (Å²) in [6, 6.07) is 3.97. The number of ketones is 1. The molecular weight excluding hydrogens is 215 g/mol. The number of halogens is 1. The monoisotopic (exact) mass is 228 g/mol. The second-order valence-corrected chi connectivity index (χ2v) is 4.00. The van der Waals surface area contributed by atoms with E-state index in [-0.39, 0.29) is 5.78 Å². The Labute approximate surface area is 92.8 Å². The molecule has 0 saturated heterocycles. The Morgan fingerprint density at radius 2 is 2.27 bits per heavy atom. The van der Waals surface area contributed by atoms with E-state index in [1.54, 1.807) is 11.8 Å². The molecule has 0 fully saturated rings. The van der Waals surface area contributed by atoms with Crippen LogP contribution in [0.4, 0.5) is 4.39 Å². The number of rotatable bonds is 5. The molecule has 1 rings (SSSR count). The molecular formula is C11H13FO2S. The molecule has 1 aromatic carbocycles. The van der Waals surface area contributed by atoms with Crippen molar-refractivity contribution in [3.8, 4) is 5.75 Å². The zero-order chi connectivity index (χ0) is 11.3. The molecule has 0 bridgehead atoms. The lowest BCUT2D eigenvalue weighted by Crippen LogP contribution is -2.03. The van der Waals surface area contributed by atoms with Crippen molar-refractivity contribution in [3.63, 3.8) is 0 Å². The molecule has 0 spiro atoms. The van der Waals surface area contributed by atoms with Gasteiger partial charge in [0.15, 0.2) is 5.78 Å². The van der Waals surface area contributed by atoms with Crippen molar-refractivity contribution in [2.24, 2.45) is 0 Å². The first-order valence-corrected chi connectivity index (χ1v) is 5.94. The molecule has 0 N–H and O–H groups in total. The standard InChI is InChI=1S/C11H13FO2S/c1-14-11-7-8(12)3-4-9(11)10(13)5-6-15-2/h3-4,7H,5-6H2,1-2H3. The van der Waals surface area contributed by atoms with Gasteiger partial charge in [-0.2, -0.15) is 11.8 Å². The largest absolute Gasteiger partial charge is 0.496 e. The van der Waals surface area contributed by atoms with Crippen molar-refractivity contribution >= 4 is 17.5 Å². The number of benzene rings is 1. The van der Waals surface area contributed by atoms with Crippen LogP contribution in [0.1, 0.15) is 16.8 Å². The molecule has 15 heavy (non-hydrogen) atoms. The van der Waals surface area contributed by atoms with Gasteiger partial charge < -0.3 is 4.74 Å². The summed E-state index contributed by atoms with van der Waals surface area (Å²) in [6.45, 7) is 0. The molecule has 1 aromatic rings. The number of hydrogen-bond acceptors (Lipinski definition) is 3. The summed E-state index contributed by atoms with van der Waals surface area (Å²) < 4.78 is 17.8. The summed E-state index contributed by atoms with van der Waals surface area (Å²) in [5, 5.41) is 0. The maximum Gasteiger partial charge on any atom is 0.167 e. The molecule has 4 heteroatoms. The van der Waals surface area contributed by atoms with Crippen LogP contribution in [-0.2, 0) is 0 Å². The first kappa shape index (κ1) is 12.0. The van der Waals surface area contributed by atoms with Crippen molar-refractivity contribution in [1.29, 1.82) is 0 Å². The van der Waals surface area contributed by atoms with Crippen LogP contribution in [0.15, 0.2) is 18.2 Å². The van der Waals surface area contributed by atoms with Gasteiger partial charge in [0.2, 0.25) is 0 Å². The number of carbonyl (C=O) groups excluding carboxylic acids is 1. The lowest BCUT2D eigenvalue weighted by Gasteiger charge is -2.06. The highest BCUT2D eigenvalue weighted by molar-refractivity contribution is 7.98. The van der Waals surface area contributed by atoms with Crippen LogP contribution < -0.4 is 4.74 Å². The van der Waals surface area contributed by atoms with Gasteiger partial charge in [-0.1, -0.05) is 0 Å². The van der Waals surface area contributed by atoms with E-state index >= 15 is 0 Å². The van der Waals surface area contributed by atoms with E-state index in [4.69, 9.17) is 4.74 Å². The number of ether oxygens (including phenoxy) is 1. The average molecular weight is 228 g/mol. The van der Waals surface area contributed by atoms with E-state index in [0.717, 1.165) is 5.75 Å². The lowest BCUT2D eigenvalue weighted by molar-refractivity contribution is 0.0986. The minimum atomic E-state index is -0.395. The number of thioether (sulfide) groups is 1. The summed E-state index contributed by atoms with van der Waals surface area (Å²) in [6.07, 6.45) is 2.39. The third-order valence-electron chi connectivity index (χ3n) is 2.00. The SMILES string of the molecule is COc1cc(F)ccc1C(=O)CCSC.